The topological polar surface area (TPSA) is 137 Å². The predicted molar refractivity (Wildman–Crippen MR) is 51.7 cm³/mol. The Hall–Kier alpha value is -1.28. The molecule has 0 spiro atoms. The second kappa shape index (κ2) is 7.07. The maximum Gasteiger partial charge on any atom is 0.220 e. The number of thiol groups is 1. The number of aliphatic carboxylic acids is 2. The molecule has 0 aliphatic carbocycles. The molecule has 0 aromatic carbocycles. The van der Waals surface area contributed by atoms with E-state index in [-0.39, 0.29) is 18.6 Å². The van der Waals surface area contributed by atoms with Crippen LogP contribution in [-0.4, -0.2) is 35.7 Å². The summed E-state index contributed by atoms with van der Waals surface area (Å²) in [6.45, 7) is 0. The summed E-state index contributed by atoms with van der Waals surface area (Å²) >= 11 is 3.72. The van der Waals surface area contributed by atoms with Crippen LogP contribution in [0.2, 0.25) is 0 Å². The van der Waals surface area contributed by atoms with E-state index in [4.69, 9.17) is 0 Å². The van der Waals surface area contributed by atoms with Crippen LogP contribution >= 0.6 is 12.6 Å². The van der Waals surface area contributed by atoms with E-state index in [1.165, 1.54) is 0 Å². The van der Waals surface area contributed by atoms with Gasteiger partial charge in [-0.1, -0.05) is 0 Å². The SMILES string of the molecule is [NH3+][C@@H](CCC(=O)N[C@@H](CS)C(=O)[O-])C(=O)[O-]. The monoisotopic (exact) mass is 249 g/mol. The zero-order chi connectivity index (χ0) is 12.7. The van der Waals surface area contributed by atoms with Crippen molar-refractivity contribution in [1.29, 1.82) is 0 Å². The Balaban J connectivity index is 3.99. The lowest BCUT2D eigenvalue weighted by Crippen LogP contribution is -2.68. The first-order chi connectivity index (χ1) is 7.38. The summed E-state index contributed by atoms with van der Waals surface area (Å²) in [6.07, 6.45) is -0.153. The van der Waals surface area contributed by atoms with E-state index in [2.05, 4.69) is 23.7 Å². The molecule has 0 heterocycles. The molecule has 0 aliphatic rings. The number of carboxylic acids is 2. The number of carbonyl (C=O) groups is 3. The van der Waals surface area contributed by atoms with Crippen molar-refractivity contribution in [2.75, 3.05) is 5.75 Å². The van der Waals surface area contributed by atoms with E-state index in [0.717, 1.165) is 0 Å². The summed E-state index contributed by atoms with van der Waals surface area (Å²) in [6, 6.07) is -2.18. The van der Waals surface area contributed by atoms with Gasteiger partial charge in [0.25, 0.3) is 0 Å². The molecule has 0 rings (SSSR count). The van der Waals surface area contributed by atoms with Gasteiger partial charge < -0.3 is 30.9 Å². The third-order valence-electron chi connectivity index (χ3n) is 1.86. The summed E-state index contributed by atoms with van der Waals surface area (Å²) in [5.41, 5.74) is 3.26. The Kier molecular flexibility index (Phi) is 6.50. The first-order valence-corrected chi connectivity index (χ1v) is 5.16. The molecule has 0 fully saturated rings. The highest BCUT2D eigenvalue weighted by atomic mass is 32.1. The lowest BCUT2D eigenvalue weighted by molar-refractivity contribution is -0.438. The third-order valence-corrected chi connectivity index (χ3v) is 2.22. The van der Waals surface area contributed by atoms with Gasteiger partial charge in [0.2, 0.25) is 5.91 Å². The predicted octanol–water partition coefficient (Wildman–Crippen LogP) is -4.71. The maximum atomic E-state index is 11.2. The van der Waals surface area contributed by atoms with Crippen LogP contribution < -0.4 is 21.3 Å². The van der Waals surface area contributed by atoms with Crippen molar-refractivity contribution in [1.82, 2.24) is 5.32 Å². The highest BCUT2D eigenvalue weighted by Crippen LogP contribution is 1.94. The molecule has 7 nitrogen and oxygen atoms in total. The molecule has 0 unspecified atom stereocenters. The van der Waals surface area contributed by atoms with Crippen LogP contribution in [-0.2, 0) is 14.4 Å². The van der Waals surface area contributed by atoms with E-state index >= 15 is 0 Å². The van der Waals surface area contributed by atoms with Gasteiger partial charge in [-0.15, -0.1) is 0 Å². The molecule has 0 radical (unpaired) electrons. The Morgan fingerprint density at radius 3 is 2.19 bits per heavy atom. The van der Waals surface area contributed by atoms with Gasteiger partial charge in [0.1, 0.15) is 6.04 Å². The number of carbonyl (C=O) groups excluding carboxylic acids is 3. The van der Waals surface area contributed by atoms with Crippen LogP contribution in [0.4, 0.5) is 0 Å². The lowest BCUT2D eigenvalue weighted by Gasteiger charge is -2.17. The fraction of sp³-hybridized carbons (Fsp3) is 0.625. The number of carboxylic acid groups (broad SMARTS) is 2. The minimum Gasteiger partial charge on any atom is -0.548 e. The van der Waals surface area contributed by atoms with Crippen LogP contribution in [0.3, 0.4) is 0 Å². The molecule has 92 valence electrons. The maximum absolute atomic E-state index is 11.2. The van der Waals surface area contributed by atoms with Gasteiger partial charge in [0.05, 0.1) is 18.0 Å². The minimum absolute atomic E-state index is 0.0134. The summed E-state index contributed by atoms with van der Waals surface area (Å²) in [5.74, 6) is -3.46. The van der Waals surface area contributed by atoms with Crippen molar-refractivity contribution in [2.45, 2.75) is 24.9 Å². The molecule has 0 saturated carbocycles. The number of nitrogens with one attached hydrogen (secondary N) is 1. The van der Waals surface area contributed by atoms with Crippen LogP contribution in [0.1, 0.15) is 12.8 Å². The number of hydrogen-bond donors (Lipinski definition) is 3. The zero-order valence-corrected chi connectivity index (χ0v) is 9.37. The van der Waals surface area contributed by atoms with Crippen molar-refractivity contribution in [2.24, 2.45) is 0 Å². The standard InChI is InChI=1S/C8H14N2O5S/c9-4(7(12)13)1-2-6(11)10-5(3-16)8(14)15/h4-5,16H,1-3,9H2,(H,10,11)(H,12,13)(H,14,15)/p-1/t4-,5-/m0/s1. The van der Waals surface area contributed by atoms with Gasteiger partial charge in [-0.05, 0) is 0 Å². The van der Waals surface area contributed by atoms with Crippen LogP contribution in [0.25, 0.3) is 0 Å². The van der Waals surface area contributed by atoms with E-state index in [1.54, 1.807) is 0 Å². The zero-order valence-electron chi connectivity index (χ0n) is 8.47. The fourth-order valence-corrected chi connectivity index (χ4v) is 1.11. The first kappa shape index (κ1) is 14.7. The average molecular weight is 249 g/mol. The van der Waals surface area contributed by atoms with Gasteiger partial charge in [-0.2, -0.15) is 12.6 Å². The quantitative estimate of drug-likeness (QED) is 0.389. The van der Waals surface area contributed by atoms with Crippen molar-refractivity contribution in [3.63, 3.8) is 0 Å². The van der Waals surface area contributed by atoms with Crippen molar-refractivity contribution in [3.8, 4) is 0 Å². The van der Waals surface area contributed by atoms with Crippen LogP contribution in [0.15, 0.2) is 0 Å². The van der Waals surface area contributed by atoms with Gasteiger partial charge in [-0.3, -0.25) is 4.79 Å². The molecular weight excluding hydrogens is 236 g/mol. The van der Waals surface area contributed by atoms with Gasteiger partial charge in [-0.25, -0.2) is 0 Å². The van der Waals surface area contributed by atoms with Crippen molar-refractivity contribution in [3.05, 3.63) is 0 Å². The van der Waals surface area contributed by atoms with Crippen LogP contribution in [0, 0.1) is 0 Å². The summed E-state index contributed by atoms with van der Waals surface area (Å²) in [7, 11) is 0. The van der Waals surface area contributed by atoms with Crippen molar-refractivity contribution >= 4 is 30.5 Å². The number of quaternary nitrogens is 1. The van der Waals surface area contributed by atoms with Gasteiger partial charge in [0, 0.05) is 18.6 Å². The molecular formula is C8H13N2O5S-. The van der Waals surface area contributed by atoms with E-state index in [9.17, 15) is 24.6 Å². The molecule has 4 N–H and O–H groups in total. The molecule has 16 heavy (non-hydrogen) atoms. The number of amides is 1. The summed E-state index contributed by atoms with van der Waals surface area (Å²) in [5, 5.41) is 22.8. The second-order valence-corrected chi connectivity index (χ2v) is 3.54. The summed E-state index contributed by atoms with van der Waals surface area (Å²) < 4.78 is 0. The molecule has 0 aliphatic heterocycles. The Morgan fingerprint density at radius 2 is 1.81 bits per heavy atom. The lowest BCUT2D eigenvalue weighted by atomic mass is 10.1. The molecule has 0 saturated heterocycles. The first-order valence-electron chi connectivity index (χ1n) is 4.53. The van der Waals surface area contributed by atoms with E-state index in [0.29, 0.717) is 0 Å². The summed E-state index contributed by atoms with van der Waals surface area (Å²) in [4.78, 5) is 31.9. The van der Waals surface area contributed by atoms with Gasteiger partial charge in [0.15, 0.2) is 0 Å². The van der Waals surface area contributed by atoms with Crippen molar-refractivity contribution < 1.29 is 30.3 Å². The largest absolute Gasteiger partial charge is 0.548 e. The minimum atomic E-state index is -1.44. The van der Waals surface area contributed by atoms with E-state index < -0.39 is 29.9 Å². The molecule has 2 atom stereocenters. The van der Waals surface area contributed by atoms with Crippen LogP contribution in [0.5, 0.6) is 0 Å². The molecule has 1 amide bonds. The molecule has 0 bridgehead atoms. The molecule has 0 aromatic rings. The Bertz CT molecular complexity index is 284. The third kappa shape index (κ3) is 5.56. The second-order valence-electron chi connectivity index (χ2n) is 3.18. The molecule has 8 heteroatoms. The Morgan fingerprint density at radius 1 is 1.25 bits per heavy atom. The highest BCUT2D eigenvalue weighted by Gasteiger charge is 2.14. The molecule has 0 aromatic heterocycles. The van der Waals surface area contributed by atoms with E-state index in [1.807, 2.05) is 0 Å². The number of rotatable bonds is 7. The smallest absolute Gasteiger partial charge is 0.220 e. The Labute approximate surface area is 97.4 Å². The fourth-order valence-electron chi connectivity index (χ4n) is 0.869. The average Bonchev–Trinajstić information content (AvgIpc) is 2.21. The highest BCUT2D eigenvalue weighted by molar-refractivity contribution is 7.80. The van der Waals surface area contributed by atoms with Gasteiger partial charge >= 0.3 is 0 Å². The normalized spacial score (nSPS) is 13.9. The number of hydrogen-bond acceptors (Lipinski definition) is 6.